The first-order valence-electron chi connectivity index (χ1n) is 5.84. The topological polar surface area (TPSA) is 72.6 Å². The zero-order valence-electron chi connectivity index (χ0n) is 10.7. The maximum atomic E-state index is 13.5. The SMILES string of the molecule is Cc1c(Oc2cccc(F)c2CO)cccc1[N+](=O)[O-]. The van der Waals surface area contributed by atoms with Crippen molar-refractivity contribution >= 4 is 5.69 Å². The van der Waals surface area contributed by atoms with Crippen LogP contribution in [0.2, 0.25) is 0 Å². The van der Waals surface area contributed by atoms with Gasteiger partial charge in [-0.25, -0.2) is 4.39 Å². The fraction of sp³-hybridized carbons (Fsp3) is 0.143. The smallest absolute Gasteiger partial charge is 0.276 e. The molecule has 6 heteroatoms. The van der Waals surface area contributed by atoms with E-state index in [-0.39, 0.29) is 22.7 Å². The van der Waals surface area contributed by atoms with Gasteiger partial charge in [0, 0.05) is 6.07 Å². The Morgan fingerprint density at radius 1 is 1.25 bits per heavy atom. The maximum Gasteiger partial charge on any atom is 0.276 e. The summed E-state index contributed by atoms with van der Waals surface area (Å²) in [4.78, 5) is 10.3. The second kappa shape index (κ2) is 5.66. The summed E-state index contributed by atoms with van der Waals surface area (Å²) in [5, 5.41) is 20.0. The number of benzene rings is 2. The van der Waals surface area contributed by atoms with Crippen LogP contribution in [0.15, 0.2) is 36.4 Å². The third kappa shape index (κ3) is 2.60. The van der Waals surface area contributed by atoms with E-state index in [2.05, 4.69) is 0 Å². The van der Waals surface area contributed by atoms with E-state index in [4.69, 9.17) is 9.84 Å². The molecule has 0 radical (unpaired) electrons. The molecule has 0 amide bonds. The van der Waals surface area contributed by atoms with Crippen molar-refractivity contribution < 1.29 is 19.2 Å². The quantitative estimate of drug-likeness (QED) is 0.687. The van der Waals surface area contributed by atoms with Gasteiger partial charge in [-0.2, -0.15) is 0 Å². The molecule has 1 N–H and O–H groups in total. The van der Waals surface area contributed by atoms with Crippen molar-refractivity contribution in [2.45, 2.75) is 13.5 Å². The third-order valence-electron chi connectivity index (χ3n) is 2.91. The Morgan fingerprint density at radius 2 is 1.90 bits per heavy atom. The Bertz CT molecular complexity index is 658. The molecule has 2 rings (SSSR count). The van der Waals surface area contributed by atoms with Crippen LogP contribution in [0.3, 0.4) is 0 Å². The molecule has 0 aromatic heterocycles. The lowest BCUT2D eigenvalue weighted by Crippen LogP contribution is -1.98. The molecule has 0 fully saturated rings. The molecule has 0 spiro atoms. The molecule has 0 aliphatic carbocycles. The summed E-state index contributed by atoms with van der Waals surface area (Å²) in [6, 6.07) is 8.54. The lowest BCUT2D eigenvalue weighted by molar-refractivity contribution is -0.385. The first-order chi connectivity index (χ1) is 9.54. The summed E-state index contributed by atoms with van der Waals surface area (Å²) < 4.78 is 19.0. The summed E-state index contributed by atoms with van der Waals surface area (Å²) in [6.07, 6.45) is 0. The van der Waals surface area contributed by atoms with Crippen LogP contribution in [-0.4, -0.2) is 10.0 Å². The molecule has 0 heterocycles. The van der Waals surface area contributed by atoms with Crippen molar-refractivity contribution in [2.75, 3.05) is 0 Å². The number of aliphatic hydroxyl groups is 1. The van der Waals surface area contributed by atoms with Crippen LogP contribution in [0, 0.1) is 22.9 Å². The minimum Gasteiger partial charge on any atom is -0.456 e. The normalized spacial score (nSPS) is 10.3. The van der Waals surface area contributed by atoms with Crippen LogP contribution in [-0.2, 0) is 6.61 Å². The van der Waals surface area contributed by atoms with E-state index >= 15 is 0 Å². The Morgan fingerprint density at radius 3 is 2.55 bits per heavy atom. The van der Waals surface area contributed by atoms with Gasteiger partial charge in [0.2, 0.25) is 0 Å². The lowest BCUT2D eigenvalue weighted by atomic mass is 10.1. The summed E-state index contributed by atoms with van der Waals surface area (Å²) in [5.74, 6) is -0.205. The molecule has 0 saturated carbocycles. The third-order valence-corrected chi connectivity index (χ3v) is 2.91. The van der Waals surface area contributed by atoms with Crippen molar-refractivity contribution in [3.05, 3.63) is 63.5 Å². The number of nitrogens with zero attached hydrogens (tertiary/aromatic N) is 1. The second-order valence-electron chi connectivity index (χ2n) is 4.13. The number of nitro groups is 1. The van der Waals surface area contributed by atoms with E-state index in [0.29, 0.717) is 5.56 Å². The van der Waals surface area contributed by atoms with Crippen molar-refractivity contribution in [3.8, 4) is 11.5 Å². The lowest BCUT2D eigenvalue weighted by Gasteiger charge is -2.12. The minimum atomic E-state index is -0.590. The molecule has 2 aromatic carbocycles. The molecule has 5 nitrogen and oxygen atoms in total. The first kappa shape index (κ1) is 14.0. The molecule has 0 aliphatic heterocycles. The maximum absolute atomic E-state index is 13.5. The summed E-state index contributed by atoms with van der Waals surface area (Å²) in [7, 11) is 0. The molecule has 0 unspecified atom stereocenters. The monoisotopic (exact) mass is 277 g/mol. The fourth-order valence-corrected chi connectivity index (χ4v) is 1.82. The van der Waals surface area contributed by atoms with Gasteiger partial charge in [-0.3, -0.25) is 10.1 Å². The first-order valence-corrected chi connectivity index (χ1v) is 5.84. The largest absolute Gasteiger partial charge is 0.456 e. The van der Waals surface area contributed by atoms with E-state index in [1.165, 1.54) is 30.3 Å². The standard InChI is InChI=1S/C14H12FNO4/c1-9-12(16(18)19)5-3-6-13(9)20-14-7-2-4-11(15)10(14)8-17/h2-7,17H,8H2,1H3. The molecule has 0 saturated heterocycles. The van der Waals surface area contributed by atoms with Crippen LogP contribution in [0.1, 0.15) is 11.1 Å². The Balaban J connectivity index is 2.43. The van der Waals surface area contributed by atoms with Crippen LogP contribution < -0.4 is 4.74 Å². The predicted molar refractivity (Wildman–Crippen MR) is 70.2 cm³/mol. The zero-order valence-corrected chi connectivity index (χ0v) is 10.7. The summed E-state index contributed by atoms with van der Waals surface area (Å²) in [5.41, 5.74) is 0.272. The molecule has 0 aliphatic rings. The fourth-order valence-electron chi connectivity index (χ4n) is 1.82. The van der Waals surface area contributed by atoms with Crippen molar-refractivity contribution in [2.24, 2.45) is 0 Å². The highest BCUT2D eigenvalue weighted by atomic mass is 19.1. The Hall–Kier alpha value is -2.47. The van der Waals surface area contributed by atoms with Crippen LogP contribution in [0.4, 0.5) is 10.1 Å². The van der Waals surface area contributed by atoms with E-state index in [1.807, 2.05) is 0 Å². The number of hydrogen-bond acceptors (Lipinski definition) is 4. The van der Waals surface area contributed by atoms with Gasteiger partial charge in [-0.05, 0) is 25.1 Å². The van der Waals surface area contributed by atoms with E-state index in [1.54, 1.807) is 13.0 Å². The van der Waals surface area contributed by atoms with E-state index < -0.39 is 17.3 Å². The van der Waals surface area contributed by atoms with Gasteiger partial charge < -0.3 is 9.84 Å². The molecule has 104 valence electrons. The predicted octanol–water partition coefficient (Wildman–Crippen LogP) is 3.33. The average molecular weight is 277 g/mol. The highest BCUT2D eigenvalue weighted by Crippen LogP contribution is 2.33. The Labute approximate surface area is 114 Å². The number of hydrogen-bond donors (Lipinski definition) is 1. The number of aliphatic hydroxyl groups excluding tert-OH is 1. The van der Waals surface area contributed by atoms with Crippen LogP contribution in [0.5, 0.6) is 11.5 Å². The molecular formula is C14H12FNO4. The van der Waals surface area contributed by atoms with Crippen LogP contribution >= 0.6 is 0 Å². The molecular weight excluding hydrogens is 265 g/mol. The van der Waals surface area contributed by atoms with Crippen LogP contribution in [0.25, 0.3) is 0 Å². The van der Waals surface area contributed by atoms with E-state index in [0.717, 1.165) is 0 Å². The number of halogens is 1. The second-order valence-corrected chi connectivity index (χ2v) is 4.13. The molecule has 2 aromatic rings. The summed E-state index contributed by atoms with van der Waals surface area (Å²) in [6.45, 7) is 1.03. The van der Waals surface area contributed by atoms with Gasteiger partial charge in [0.25, 0.3) is 5.69 Å². The van der Waals surface area contributed by atoms with Crippen molar-refractivity contribution in [3.63, 3.8) is 0 Å². The van der Waals surface area contributed by atoms with Gasteiger partial charge in [-0.1, -0.05) is 12.1 Å². The molecule has 20 heavy (non-hydrogen) atoms. The van der Waals surface area contributed by atoms with Gasteiger partial charge in [-0.15, -0.1) is 0 Å². The zero-order chi connectivity index (χ0) is 14.7. The summed E-state index contributed by atoms with van der Waals surface area (Å²) >= 11 is 0. The van der Waals surface area contributed by atoms with Crippen molar-refractivity contribution in [1.82, 2.24) is 0 Å². The molecule has 0 bridgehead atoms. The highest BCUT2D eigenvalue weighted by molar-refractivity contribution is 5.50. The van der Waals surface area contributed by atoms with Gasteiger partial charge in [0.1, 0.15) is 17.3 Å². The number of rotatable bonds is 4. The minimum absolute atomic E-state index is 0.0124. The van der Waals surface area contributed by atoms with Crippen molar-refractivity contribution in [1.29, 1.82) is 0 Å². The van der Waals surface area contributed by atoms with Gasteiger partial charge >= 0.3 is 0 Å². The van der Waals surface area contributed by atoms with Gasteiger partial charge in [0.05, 0.1) is 22.7 Å². The van der Waals surface area contributed by atoms with Gasteiger partial charge in [0.15, 0.2) is 0 Å². The Kier molecular flexibility index (Phi) is 3.95. The average Bonchev–Trinajstić information content (AvgIpc) is 2.41. The highest BCUT2D eigenvalue weighted by Gasteiger charge is 2.16. The van der Waals surface area contributed by atoms with E-state index in [9.17, 15) is 14.5 Å². The molecule has 0 atom stereocenters. The number of nitro benzene ring substituents is 1. The number of ether oxygens (including phenoxy) is 1.